The van der Waals surface area contributed by atoms with Crippen LogP contribution < -0.4 is 5.32 Å². The molecule has 0 radical (unpaired) electrons. The standard InChI is InChI=1S/C19H13ClFN3S/c1-12-16(20)3-2-4-17(12)23-10-14(9-22)19-24-18(11-25-19)13-5-7-15(21)8-6-13/h2-8,10-11,23H,1H3. The monoisotopic (exact) mass is 369 g/mol. The van der Waals surface area contributed by atoms with E-state index in [1.54, 1.807) is 18.3 Å². The van der Waals surface area contributed by atoms with Gasteiger partial charge in [-0.1, -0.05) is 17.7 Å². The van der Waals surface area contributed by atoms with E-state index in [1.165, 1.54) is 23.5 Å². The van der Waals surface area contributed by atoms with Gasteiger partial charge in [0.1, 0.15) is 22.5 Å². The lowest BCUT2D eigenvalue weighted by Gasteiger charge is -2.07. The van der Waals surface area contributed by atoms with Crippen LogP contribution in [-0.2, 0) is 0 Å². The molecule has 0 spiro atoms. The first kappa shape index (κ1) is 17.2. The molecule has 0 saturated carbocycles. The molecule has 1 aromatic heterocycles. The quantitative estimate of drug-likeness (QED) is 0.583. The fourth-order valence-electron chi connectivity index (χ4n) is 2.21. The summed E-state index contributed by atoms with van der Waals surface area (Å²) < 4.78 is 13.0. The molecule has 0 saturated heterocycles. The van der Waals surface area contributed by atoms with Gasteiger partial charge in [0.2, 0.25) is 0 Å². The Kier molecular flexibility index (Phi) is 5.13. The molecule has 25 heavy (non-hydrogen) atoms. The van der Waals surface area contributed by atoms with Crippen LogP contribution in [0.3, 0.4) is 0 Å². The Labute approximate surface area is 154 Å². The molecule has 1 N–H and O–H groups in total. The second-order valence-electron chi connectivity index (χ2n) is 5.27. The van der Waals surface area contributed by atoms with Gasteiger partial charge in [0.15, 0.2) is 0 Å². The van der Waals surface area contributed by atoms with Gasteiger partial charge in [-0.25, -0.2) is 9.37 Å². The summed E-state index contributed by atoms with van der Waals surface area (Å²) in [6.45, 7) is 1.90. The van der Waals surface area contributed by atoms with Crippen LogP contribution in [0, 0.1) is 24.1 Å². The molecule has 0 aliphatic heterocycles. The van der Waals surface area contributed by atoms with Crippen molar-refractivity contribution in [1.29, 1.82) is 5.26 Å². The molecule has 0 fully saturated rings. The lowest BCUT2D eigenvalue weighted by atomic mass is 10.2. The first-order valence-electron chi connectivity index (χ1n) is 7.42. The van der Waals surface area contributed by atoms with E-state index >= 15 is 0 Å². The molecule has 0 aliphatic rings. The van der Waals surface area contributed by atoms with Gasteiger partial charge in [-0.15, -0.1) is 11.3 Å². The van der Waals surface area contributed by atoms with Gasteiger partial charge in [-0.05, 0) is 48.9 Å². The average Bonchev–Trinajstić information content (AvgIpc) is 3.09. The summed E-state index contributed by atoms with van der Waals surface area (Å²) >= 11 is 7.46. The van der Waals surface area contributed by atoms with Gasteiger partial charge in [0, 0.05) is 27.9 Å². The minimum absolute atomic E-state index is 0.294. The number of anilines is 1. The van der Waals surface area contributed by atoms with Gasteiger partial charge >= 0.3 is 0 Å². The highest BCUT2D eigenvalue weighted by atomic mass is 35.5. The van der Waals surface area contributed by atoms with Gasteiger partial charge in [0.05, 0.1) is 5.69 Å². The second-order valence-corrected chi connectivity index (χ2v) is 6.54. The van der Waals surface area contributed by atoms with Crippen LogP contribution in [-0.4, -0.2) is 4.98 Å². The first-order chi connectivity index (χ1) is 12.1. The minimum atomic E-state index is -0.294. The summed E-state index contributed by atoms with van der Waals surface area (Å²) in [6, 6.07) is 13.8. The van der Waals surface area contributed by atoms with Crippen molar-refractivity contribution < 1.29 is 4.39 Å². The van der Waals surface area contributed by atoms with Crippen molar-refractivity contribution >= 4 is 34.2 Å². The second kappa shape index (κ2) is 7.47. The third-order valence-electron chi connectivity index (χ3n) is 3.63. The number of allylic oxidation sites excluding steroid dienone is 1. The number of thiazole rings is 1. The Morgan fingerprint density at radius 3 is 2.76 bits per heavy atom. The van der Waals surface area contributed by atoms with Crippen molar-refractivity contribution in [1.82, 2.24) is 4.98 Å². The van der Waals surface area contributed by atoms with Crippen LogP contribution in [0.1, 0.15) is 10.6 Å². The number of nitrogens with zero attached hydrogens (tertiary/aromatic N) is 2. The van der Waals surface area contributed by atoms with Gasteiger partial charge in [-0.3, -0.25) is 0 Å². The maximum atomic E-state index is 13.0. The summed E-state index contributed by atoms with van der Waals surface area (Å²) in [7, 11) is 0. The number of aromatic nitrogens is 1. The largest absolute Gasteiger partial charge is 0.360 e. The first-order valence-corrected chi connectivity index (χ1v) is 8.68. The van der Waals surface area contributed by atoms with Crippen molar-refractivity contribution in [3.63, 3.8) is 0 Å². The molecule has 0 unspecified atom stereocenters. The summed E-state index contributed by atoms with van der Waals surface area (Å²) in [5.74, 6) is -0.294. The zero-order valence-corrected chi connectivity index (χ0v) is 14.8. The molecule has 3 aromatic rings. The molecule has 0 bridgehead atoms. The Bertz CT molecular complexity index is 971. The molecule has 3 rings (SSSR count). The number of benzene rings is 2. The van der Waals surface area contributed by atoms with Crippen LogP contribution in [0.4, 0.5) is 10.1 Å². The van der Waals surface area contributed by atoms with E-state index in [9.17, 15) is 9.65 Å². The number of nitrogens with one attached hydrogen (secondary N) is 1. The summed E-state index contributed by atoms with van der Waals surface area (Å²) in [4.78, 5) is 4.47. The highest BCUT2D eigenvalue weighted by molar-refractivity contribution is 7.11. The molecular weight excluding hydrogens is 357 g/mol. The van der Waals surface area contributed by atoms with Crippen LogP contribution in [0.5, 0.6) is 0 Å². The Hall–Kier alpha value is -2.68. The summed E-state index contributed by atoms with van der Waals surface area (Å²) in [5, 5.41) is 15.6. The van der Waals surface area contributed by atoms with Crippen LogP contribution >= 0.6 is 22.9 Å². The van der Waals surface area contributed by atoms with Crippen molar-refractivity contribution in [2.45, 2.75) is 6.92 Å². The lowest BCUT2D eigenvalue weighted by molar-refractivity contribution is 0.628. The van der Waals surface area contributed by atoms with Crippen molar-refractivity contribution in [2.24, 2.45) is 0 Å². The number of halogens is 2. The smallest absolute Gasteiger partial charge is 0.136 e. The number of hydrogen-bond acceptors (Lipinski definition) is 4. The van der Waals surface area contributed by atoms with E-state index < -0.39 is 0 Å². The van der Waals surface area contributed by atoms with E-state index in [0.29, 0.717) is 21.3 Å². The predicted octanol–water partition coefficient (Wildman–Crippen LogP) is 5.89. The maximum Gasteiger partial charge on any atom is 0.136 e. The van der Waals surface area contributed by atoms with Crippen molar-refractivity contribution in [3.05, 3.63) is 75.5 Å². The molecule has 0 atom stereocenters. The number of hydrogen-bond donors (Lipinski definition) is 1. The molecular formula is C19H13ClFN3S. The average molecular weight is 370 g/mol. The molecule has 0 amide bonds. The lowest BCUT2D eigenvalue weighted by Crippen LogP contribution is -1.94. The highest BCUT2D eigenvalue weighted by Crippen LogP contribution is 2.27. The normalized spacial score (nSPS) is 11.2. The molecule has 2 aromatic carbocycles. The fraction of sp³-hybridized carbons (Fsp3) is 0.0526. The van der Waals surface area contributed by atoms with Gasteiger partial charge in [-0.2, -0.15) is 5.26 Å². The SMILES string of the molecule is Cc1c(Cl)cccc1NC=C(C#N)c1nc(-c2ccc(F)cc2)cs1. The number of nitriles is 1. The zero-order valence-electron chi connectivity index (χ0n) is 13.3. The van der Waals surface area contributed by atoms with E-state index in [4.69, 9.17) is 11.6 Å². The minimum Gasteiger partial charge on any atom is -0.360 e. The Balaban J connectivity index is 1.85. The molecule has 3 nitrogen and oxygen atoms in total. The van der Waals surface area contributed by atoms with Gasteiger partial charge in [0.25, 0.3) is 0 Å². The van der Waals surface area contributed by atoms with Gasteiger partial charge < -0.3 is 5.32 Å². The maximum absolute atomic E-state index is 13.0. The van der Waals surface area contributed by atoms with Crippen LogP contribution in [0.15, 0.2) is 54.0 Å². The predicted molar refractivity (Wildman–Crippen MR) is 101 cm³/mol. The summed E-state index contributed by atoms with van der Waals surface area (Å²) in [5.41, 5.74) is 3.66. The number of rotatable bonds is 4. The van der Waals surface area contributed by atoms with Crippen LogP contribution in [0.2, 0.25) is 5.02 Å². The van der Waals surface area contributed by atoms with E-state index in [-0.39, 0.29) is 5.82 Å². The fourth-order valence-corrected chi connectivity index (χ4v) is 3.18. The molecule has 0 aliphatic carbocycles. The Morgan fingerprint density at radius 2 is 2.04 bits per heavy atom. The molecule has 1 heterocycles. The van der Waals surface area contributed by atoms with Crippen LogP contribution in [0.25, 0.3) is 16.8 Å². The highest BCUT2D eigenvalue weighted by Gasteiger charge is 2.09. The Morgan fingerprint density at radius 1 is 1.28 bits per heavy atom. The molecule has 6 heteroatoms. The topological polar surface area (TPSA) is 48.7 Å². The third kappa shape index (κ3) is 3.87. The van der Waals surface area contributed by atoms with E-state index in [2.05, 4.69) is 16.4 Å². The molecule has 124 valence electrons. The zero-order chi connectivity index (χ0) is 17.8. The van der Waals surface area contributed by atoms with E-state index in [1.807, 2.05) is 30.5 Å². The third-order valence-corrected chi connectivity index (χ3v) is 4.92. The van der Waals surface area contributed by atoms with E-state index in [0.717, 1.165) is 16.8 Å². The summed E-state index contributed by atoms with van der Waals surface area (Å²) in [6.07, 6.45) is 1.62. The van der Waals surface area contributed by atoms with Crippen molar-refractivity contribution in [2.75, 3.05) is 5.32 Å². The van der Waals surface area contributed by atoms with Crippen molar-refractivity contribution in [3.8, 4) is 17.3 Å².